The standard InChI is InChI=1S/C37H32N3S.C19H26GeN.Ir/c1-22(2)30-20-26(25-12-7-6-8-13-25)21-31(23(3)4)34(30)40-33-17-10-9-16-32(33)39-36(40)29-15-11-14-27-28-19-18-24(5)38-37(28)41-35(27)29;1-14(2)11-17-12-19(16-9-7-15(3)8-10-16)21-13-18(17)20(4,5)6;/h6-14,16-23H,1-5H3;7-9,12-14H,11H2,1-6H3;/q2*-1;/i;3D3,7D,8D,11D2;. The van der Waals surface area contributed by atoms with E-state index in [0.29, 0.717) is 28.7 Å². The van der Waals surface area contributed by atoms with Gasteiger partial charge in [0.2, 0.25) is 0 Å². The van der Waals surface area contributed by atoms with E-state index in [1.165, 1.54) is 49.5 Å². The van der Waals surface area contributed by atoms with E-state index in [9.17, 15) is 0 Å². The van der Waals surface area contributed by atoms with Gasteiger partial charge in [0.05, 0.1) is 16.9 Å². The quantitative estimate of drug-likeness (QED) is 0.107. The molecule has 5 aromatic carbocycles. The van der Waals surface area contributed by atoms with Crippen LogP contribution in [-0.4, -0.2) is 32.8 Å². The molecule has 0 bridgehead atoms. The average molecular weight is 1090 g/mol. The molecule has 0 atom stereocenters. The molecule has 0 saturated heterocycles. The number of hydrogen-bond donors (Lipinski definition) is 0. The SMILES string of the molecule is Cc1ccc2c(n1)sc1c(-c3nc4ccccc4n3-c3c(C(C)C)cc(-c4ccccc4)cc3C(C)C)[c-]ccc12.[2H]c1[c-]c(-c2cc(C([2H])([2H])C(C)C)[c]([Ge]([CH3])([CH3])[CH3])cn2)cc([2H])c1C([2H])([2H])[2H].[Ir]. The van der Waals surface area contributed by atoms with Crippen LogP contribution in [0.15, 0.2) is 121 Å². The van der Waals surface area contributed by atoms with Crippen LogP contribution in [0.4, 0.5) is 0 Å². The maximum atomic E-state index is 8.61. The molecule has 9 rings (SSSR count). The van der Waals surface area contributed by atoms with Crippen molar-refractivity contribution in [2.24, 2.45) is 5.92 Å². The van der Waals surface area contributed by atoms with Gasteiger partial charge in [-0.3, -0.25) is 4.98 Å². The molecule has 9 aromatic rings. The van der Waals surface area contributed by atoms with Crippen molar-refractivity contribution in [3.05, 3.63) is 161 Å². The molecule has 4 aromatic heterocycles. The summed E-state index contributed by atoms with van der Waals surface area (Å²) in [5, 5.41) is 2.39. The van der Waals surface area contributed by atoms with Gasteiger partial charge in [-0.2, -0.15) is 11.3 Å². The molecule has 0 aliphatic carbocycles. The fraction of sp³-hybridized carbons (Fsp3) is 0.268. The zero-order valence-corrected chi connectivity index (χ0v) is 43.0. The number of aryl methyl sites for hydroxylation is 1. The summed E-state index contributed by atoms with van der Waals surface area (Å²) < 4.78 is 60.4. The Morgan fingerprint density at radius 2 is 1.52 bits per heavy atom. The smallest absolute Gasteiger partial charge is 0 e. The van der Waals surface area contributed by atoms with Crippen LogP contribution in [0, 0.1) is 31.8 Å². The minimum Gasteiger partial charge on any atom is 0 e. The zero-order valence-electron chi connectivity index (χ0n) is 44.7. The third-order valence-electron chi connectivity index (χ3n) is 11.1. The van der Waals surface area contributed by atoms with Gasteiger partial charge in [0.25, 0.3) is 0 Å². The van der Waals surface area contributed by atoms with Crippen molar-refractivity contribution in [1.82, 2.24) is 19.5 Å². The first kappa shape index (κ1) is 37.6. The van der Waals surface area contributed by atoms with Gasteiger partial charge in [0, 0.05) is 31.5 Å². The summed E-state index contributed by atoms with van der Waals surface area (Å²) in [4.78, 5) is 15.7. The normalized spacial score (nSPS) is 13.8. The number of imidazole rings is 1. The first-order valence-electron chi connectivity index (χ1n) is 24.9. The van der Waals surface area contributed by atoms with Crippen LogP contribution in [0.5, 0.6) is 0 Å². The molecular weight excluding hydrogens is 1030 g/mol. The average Bonchev–Trinajstić information content (AvgIpc) is 3.86. The van der Waals surface area contributed by atoms with E-state index < -0.39 is 26.5 Å². The molecule has 4 heterocycles. The van der Waals surface area contributed by atoms with Gasteiger partial charge in [-0.15, -0.1) is 18.2 Å². The van der Waals surface area contributed by atoms with E-state index in [0.717, 1.165) is 37.3 Å². The molecule has 0 fully saturated rings. The molecule has 1 radical (unpaired) electrons. The third kappa shape index (κ3) is 9.71. The van der Waals surface area contributed by atoms with E-state index in [4.69, 9.17) is 19.6 Å². The monoisotopic (exact) mass is 1090 g/mol. The Labute approximate surface area is 404 Å². The Bertz CT molecular complexity index is 3320. The summed E-state index contributed by atoms with van der Waals surface area (Å²) in [6.45, 7) is 12.3. The molecular formula is C56H58GeIrN4S-2. The fourth-order valence-corrected chi connectivity index (χ4v) is 12.2. The molecule has 0 saturated carbocycles. The van der Waals surface area contributed by atoms with Gasteiger partial charge >= 0.3 is 141 Å². The number of para-hydroxylation sites is 2. The second-order valence-electron chi connectivity index (χ2n) is 17.9. The first-order valence-corrected chi connectivity index (χ1v) is 29.6. The van der Waals surface area contributed by atoms with Gasteiger partial charge < -0.3 is 4.57 Å². The number of nitrogens with zero attached hydrogens (tertiary/aromatic N) is 4. The van der Waals surface area contributed by atoms with Crippen LogP contribution in [0.2, 0.25) is 17.3 Å². The number of fused-ring (bicyclic) bond motifs is 4. The number of rotatable bonds is 9. The van der Waals surface area contributed by atoms with Crippen LogP contribution in [0.25, 0.3) is 70.8 Å². The largest absolute Gasteiger partial charge is 0 e. The Balaban J connectivity index is 0.000000220. The van der Waals surface area contributed by atoms with E-state index in [1.807, 2.05) is 19.9 Å². The Morgan fingerprint density at radius 1 is 0.810 bits per heavy atom. The van der Waals surface area contributed by atoms with E-state index in [-0.39, 0.29) is 43.7 Å². The van der Waals surface area contributed by atoms with E-state index in [2.05, 4.69) is 159 Å². The Kier molecular flexibility index (Phi) is 11.5. The van der Waals surface area contributed by atoms with Crippen molar-refractivity contribution < 1.29 is 29.7 Å². The molecule has 7 heteroatoms. The summed E-state index contributed by atoms with van der Waals surface area (Å²) in [5.41, 5.74) is 11.5. The van der Waals surface area contributed by atoms with Crippen molar-refractivity contribution in [3.8, 4) is 39.5 Å². The number of thiophene rings is 1. The Hall–Kier alpha value is -4.72. The number of benzene rings is 5. The zero-order chi connectivity index (χ0) is 49.9. The van der Waals surface area contributed by atoms with Crippen LogP contribution in [0.3, 0.4) is 0 Å². The predicted octanol–water partition coefficient (Wildman–Crippen LogP) is 15.1. The Morgan fingerprint density at radius 3 is 2.19 bits per heavy atom. The molecule has 4 nitrogen and oxygen atoms in total. The summed E-state index contributed by atoms with van der Waals surface area (Å²) in [6.07, 6.45) is 0.154. The summed E-state index contributed by atoms with van der Waals surface area (Å²) in [5.74, 6) is 7.85. The fourth-order valence-electron chi connectivity index (χ4n) is 8.03. The predicted molar refractivity (Wildman–Crippen MR) is 269 cm³/mol. The van der Waals surface area contributed by atoms with Gasteiger partial charge in [0.15, 0.2) is 0 Å². The van der Waals surface area contributed by atoms with Crippen molar-refractivity contribution in [2.45, 2.75) is 90.8 Å². The van der Waals surface area contributed by atoms with Crippen molar-refractivity contribution in [2.75, 3.05) is 0 Å². The second kappa shape index (κ2) is 19.2. The van der Waals surface area contributed by atoms with Crippen LogP contribution >= 0.6 is 11.3 Å². The number of hydrogen-bond acceptors (Lipinski definition) is 4. The minimum atomic E-state index is -2.55. The molecule has 323 valence electrons. The van der Waals surface area contributed by atoms with Gasteiger partial charge in [-0.05, 0) is 81.4 Å². The van der Waals surface area contributed by atoms with Crippen molar-refractivity contribution in [1.29, 1.82) is 0 Å². The maximum absolute atomic E-state index is 8.61. The number of pyridine rings is 2. The van der Waals surface area contributed by atoms with Crippen molar-refractivity contribution in [3.63, 3.8) is 0 Å². The molecule has 0 N–H and O–H groups in total. The molecule has 63 heavy (non-hydrogen) atoms. The van der Waals surface area contributed by atoms with Crippen LogP contribution in [-0.2, 0) is 26.5 Å². The molecule has 0 spiro atoms. The van der Waals surface area contributed by atoms with Crippen LogP contribution in [0.1, 0.15) is 90.9 Å². The molecule has 0 aliphatic heterocycles. The molecule has 0 aliphatic rings. The van der Waals surface area contributed by atoms with E-state index >= 15 is 0 Å². The third-order valence-corrected chi connectivity index (χ3v) is 16.4. The summed E-state index contributed by atoms with van der Waals surface area (Å²) in [7, 11) is 0. The minimum absolute atomic E-state index is 0. The maximum Gasteiger partial charge on any atom is 0 e. The van der Waals surface area contributed by atoms with Crippen LogP contribution < -0.4 is 4.40 Å². The van der Waals surface area contributed by atoms with Gasteiger partial charge in [-0.25, -0.2) is 4.98 Å². The summed E-state index contributed by atoms with van der Waals surface area (Å²) >= 11 is -0.682. The van der Waals surface area contributed by atoms with Gasteiger partial charge in [-0.1, -0.05) is 87.2 Å². The van der Waals surface area contributed by atoms with E-state index in [1.54, 1.807) is 23.6 Å². The molecule has 0 unspecified atom stereocenters. The molecule has 0 amide bonds. The first-order chi connectivity index (χ1) is 32.5. The van der Waals surface area contributed by atoms with Gasteiger partial charge in [0.1, 0.15) is 4.83 Å². The van der Waals surface area contributed by atoms with Crippen molar-refractivity contribution >= 4 is 60.3 Å². The second-order valence-corrected chi connectivity index (χ2v) is 29.5. The topological polar surface area (TPSA) is 43.6 Å². The summed E-state index contributed by atoms with van der Waals surface area (Å²) in [6, 6.07) is 41.2. The number of aromatic nitrogens is 4.